The summed E-state index contributed by atoms with van der Waals surface area (Å²) in [4.78, 5) is 24.4. The molecule has 0 aliphatic rings. The number of benzene rings is 2. The molecule has 0 aromatic heterocycles. The number of hydrogen-bond acceptors (Lipinski definition) is 4. The number of carbonyl (C=O) groups excluding carboxylic acids is 2. The minimum Gasteiger partial charge on any atom is -0.467 e. The van der Waals surface area contributed by atoms with Gasteiger partial charge in [-0.25, -0.2) is 4.79 Å². The third-order valence-corrected chi connectivity index (χ3v) is 5.04. The van der Waals surface area contributed by atoms with E-state index < -0.39 is 35.8 Å². The molecule has 0 fully saturated rings. The lowest BCUT2D eigenvalue weighted by Crippen LogP contribution is -2.45. The van der Waals surface area contributed by atoms with Crippen LogP contribution in [-0.4, -0.2) is 30.1 Å². The first kappa shape index (κ1) is 23.2. The smallest absolute Gasteiger partial charge is 0.416 e. The Morgan fingerprint density at radius 1 is 1.21 bits per heavy atom. The number of aliphatic hydroxyl groups excluding tert-OH is 1. The van der Waals surface area contributed by atoms with Gasteiger partial charge in [-0.15, -0.1) is 0 Å². The number of hydrogen-bond donors (Lipinski definition) is 2. The summed E-state index contributed by atoms with van der Waals surface area (Å²) in [6.45, 7) is 0. The van der Waals surface area contributed by atoms with E-state index >= 15 is 0 Å². The lowest BCUT2D eigenvalue weighted by Gasteiger charge is -2.20. The second-order valence-electron chi connectivity index (χ2n) is 6.05. The highest BCUT2D eigenvalue weighted by molar-refractivity contribution is 9.10. The van der Waals surface area contributed by atoms with Crippen molar-refractivity contribution < 1.29 is 32.6 Å². The van der Waals surface area contributed by atoms with E-state index in [9.17, 15) is 27.9 Å². The van der Waals surface area contributed by atoms with Crippen molar-refractivity contribution in [3.8, 4) is 0 Å². The van der Waals surface area contributed by atoms with E-state index in [1.54, 1.807) is 18.2 Å². The van der Waals surface area contributed by atoms with Gasteiger partial charge < -0.3 is 15.2 Å². The van der Waals surface area contributed by atoms with E-state index in [-0.39, 0.29) is 12.0 Å². The van der Waals surface area contributed by atoms with Crippen LogP contribution in [0.5, 0.6) is 0 Å². The Morgan fingerprint density at radius 2 is 1.83 bits per heavy atom. The SMILES string of the molecule is COC(=O)[C@@H](Cc1cc(Cl)ccc1Br)NC(=O)[C@@H](O)c1ccc(C(F)(F)F)cc1. The summed E-state index contributed by atoms with van der Waals surface area (Å²) in [5.41, 5.74) is -0.354. The fourth-order valence-corrected chi connectivity index (χ4v) is 3.11. The Kier molecular flexibility index (Phi) is 7.67. The van der Waals surface area contributed by atoms with Gasteiger partial charge >= 0.3 is 12.1 Å². The molecule has 2 atom stereocenters. The molecule has 0 bridgehead atoms. The van der Waals surface area contributed by atoms with E-state index in [1.165, 1.54) is 0 Å². The molecule has 2 aromatic carbocycles. The Labute approximate surface area is 177 Å². The van der Waals surface area contributed by atoms with Crippen LogP contribution in [0.3, 0.4) is 0 Å². The van der Waals surface area contributed by atoms with E-state index in [0.717, 1.165) is 31.4 Å². The summed E-state index contributed by atoms with van der Waals surface area (Å²) in [6.07, 6.45) is -6.29. The third-order valence-electron chi connectivity index (χ3n) is 4.04. The summed E-state index contributed by atoms with van der Waals surface area (Å²) in [5, 5.41) is 13.0. The molecular formula is C19H16BrClF3NO4. The van der Waals surface area contributed by atoms with Crippen LogP contribution in [0.4, 0.5) is 13.2 Å². The maximum Gasteiger partial charge on any atom is 0.416 e. The third kappa shape index (κ3) is 6.19. The molecule has 0 saturated carbocycles. The first-order chi connectivity index (χ1) is 13.5. The zero-order valence-electron chi connectivity index (χ0n) is 15.0. The molecule has 2 aromatic rings. The van der Waals surface area contributed by atoms with Crippen molar-refractivity contribution in [3.63, 3.8) is 0 Å². The van der Waals surface area contributed by atoms with E-state index in [2.05, 4.69) is 26.0 Å². The van der Waals surface area contributed by atoms with E-state index in [1.807, 2.05) is 0 Å². The Bertz CT molecular complexity index is 890. The number of nitrogens with one attached hydrogen (secondary N) is 1. The monoisotopic (exact) mass is 493 g/mol. The van der Waals surface area contributed by atoms with Crippen LogP contribution in [-0.2, 0) is 26.9 Å². The quantitative estimate of drug-likeness (QED) is 0.594. The first-order valence-electron chi connectivity index (χ1n) is 8.20. The van der Waals surface area contributed by atoms with Crippen molar-refractivity contribution in [2.24, 2.45) is 0 Å². The maximum atomic E-state index is 12.6. The van der Waals surface area contributed by atoms with Crippen LogP contribution in [0.2, 0.25) is 5.02 Å². The second kappa shape index (κ2) is 9.60. The van der Waals surface area contributed by atoms with Gasteiger partial charge in [0, 0.05) is 15.9 Å². The van der Waals surface area contributed by atoms with E-state index in [4.69, 9.17) is 11.6 Å². The van der Waals surface area contributed by atoms with Crippen LogP contribution >= 0.6 is 27.5 Å². The molecule has 0 radical (unpaired) electrons. The van der Waals surface area contributed by atoms with Crippen LogP contribution in [0.15, 0.2) is 46.9 Å². The number of methoxy groups -OCH3 is 1. The fourth-order valence-electron chi connectivity index (χ4n) is 2.51. The van der Waals surface area contributed by atoms with Crippen LogP contribution < -0.4 is 5.32 Å². The number of amides is 1. The molecule has 29 heavy (non-hydrogen) atoms. The van der Waals surface area contributed by atoms with Gasteiger partial charge in [-0.1, -0.05) is 39.7 Å². The number of carbonyl (C=O) groups is 2. The maximum absolute atomic E-state index is 12.6. The standard InChI is InChI=1S/C19H16BrClF3NO4/c1-29-18(28)15(9-11-8-13(21)6-7-14(11)20)25-17(27)16(26)10-2-4-12(5-3-10)19(22,23)24/h2-8,15-16,26H,9H2,1H3,(H,25,27)/t15-,16+/m1/s1. The van der Waals surface area contributed by atoms with Crippen molar-refractivity contribution in [2.75, 3.05) is 7.11 Å². The highest BCUT2D eigenvalue weighted by atomic mass is 79.9. The minimum absolute atomic E-state index is 0.0132. The number of ether oxygens (including phenoxy) is 1. The highest BCUT2D eigenvalue weighted by Crippen LogP contribution is 2.30. The molecule has 1 amide bonds. The number of esters is 1. The molecule has 0 unspecified atom stereocenters. The molecular weight excluding hydrogens is 479 g/mol. The van der Waals surface area contributed by atoms with Gasteiger partial charge in [-0.3, -0.25) is 4.79 Å². The predicted octanol–water partition coefficient (Wildman–Crippen LogP) is 4.06. The van der Waals surface area contributed by atoms with Crippen molar-refractivity contribution in [3.05, 3.63) is 68.7 Å². The summed E-state index contributed by atoms with van der Waals surface area (Å²) in [5.74, 6) is -1.72. The van der Waals surface area contributed by atoms with Crippen molar-refractivity contribution in [1.29, 1.82) is 0 Å². The summed E-state index contributed by atoms with van der Waals surface area (Å²) in [6, 6.07) is 7.26. The van der Waals surface area contributed by atoms with Crippen LogP contribution in [0.25, 0.3) is 0 Å². The molecule has 5 nitrogen and oxygen atoms in total. The average Bonchev–Trinajstić information content (AvgIpc) is 2.68. The lowest BCUT2D eigenvalue weighted by molar-refractivity contribution is -0.146. The largest absolute Gasteiger partial charge is 0.467 e. The number of rotatable bonds is 6. The van der Waals surface area contributed by atoms with Gasteiger partial charge in [-0.05, 0) is 41.5 Å². The molecule has 0 aliphatic carbocycles. The van der Waals surface area contributed by atoms with Gasteiger partial charge in [-0.2, -0.15) is 13.2 Å². The molecule has 0 aliphatic heterocycles. The van der Waals surface area contributed by atoms with Gasteiger partial charge in [0.1, 0.15) is 6.04 Å². The molecule has 2 rings (SSSR count). The van der Waals surface area contributed by atoms with Crippen molar-refractivity contribution in [1.82, 2.24) is 5.32 Å². The summed E-state index contributed by atoms with van der Waals surface area (Å²) in [7, 11) is 1.14. The van der Waals surface area contributed by atoms with Gasteiger partial charge in [0.15, 0.2) is 6.10 Å². The van der Waals surface area contributed by atoms with Gasteiger partial charge in [0.25, 0.3) is 5.91 Å². The highest BCUT2D eigenvalue weighted by Gasteiger charge is 2.31. The number of alkyl halides is 3. The molecule has 0 spiro atoms. The van der Waals surface area contributed by atoms with Crippen molar-refractivity contribution >= 4 is 39.4 Å². The Hall–Kier alpha value is -2.10. The topological polar surface area (TPSA) is 75.6 Å². The molecule has 156 valence electrons. The normalized spacial score (nSPS) is 13.5. The lowest BCUT2D eigenvalue weighted by atomic mass is 10.0. The molecule has 0 saturated heterocycles. The fraction of sp³-hybridized carbons (Fsp3) is 0.263. The second-order valence-corrected chi connectivity index (χ2v) is 7.34. The number of aliphatic hydroxyl groups is 1. The Morgan fingerprint density at radius 3 is 2.38 bits per heavy atom. The van der Waals surface area contributed by atoms with Crippen LogP contribution in [0.1, 0.15) is 22.8 Å². The summed E-state index contributed by atoms with van der Waals surface area (Å²) >= 11 is 9.27. The molecule has 0 heterocycles. The van der Waals surface area contributed by atoms with Gasteiger partial charge in [0.2, 0.25) is 0 Å². The summed E-state index contributed by atoms with van der Waals surface area (Å²) < 4.78 is 43.3. The zero-order valence-corrected chi connectivity index (χ0v) is 17.3. The van der Waals surface area contributed by atoms with Crippen LogP contribution in [0, 0.1) is 0 Å². The molecule has 2 N–H and O–H groups in total. The molecule has 10 heteroatoms. The Balaban J connectivity index is 2.16. The van der Waals surface area contributed by atoms with Crippen molar-refractivity contribution in [2.45, 2.75) is 24.7 Å². The zero-order chi connectivity index (χ0) is 21.8. The first-order valence-corrected chi connectivity index (χ1v) is 9.37. The minimum atomic E-state index is -4.54. The number of halogens is 5. The predicted molar refractivity (Wildman–Crippen MR) is 103 cm³/mol. The average molecular weight is 495 g/mol. The van der Waals surface area contributed by atoms with Gasteiger partial charge in [0.05, 0.1) is 12.7 Å². The van der Waals surface area contributed by atoms with E-state index in [0.29, 0.717) is 15.1 Å².